The minimum Gasteiger partial charge on any atom is -0.496 e. The van der Waals surface area contributed by atoms with Gasteiger partial charge < -0.3 is 24.8 Å². The maximum absolute atomic E-state index is 13.0. The predicted molar refractivity (Wildman–Crippen MR) is 94.5 cm³/mol. The topological polar surface area (TPSA) is 105 Å². The van der Waals surface area contributed by atoms with Crippen molar-refractivity contribution in [3.63, 3.8) is 0 Å². The number of thioether (sulfide) groups is 1. The average Bonchev–Trinajstić information content (AvgIpc) is 2.85. The van der Waals surface area contributed by atoms with E-state index in [-0.39, 0.29) is 0 Å². The van der Waals surface area contributed by atoms with E-state index in [4.69, 9.17) is 17.7 Å². The van der Waals surface area contributed by atoms with Gasteiger partial charge in [-0.2, -0.15) is 0 Å². The summed E-state index contributed by atoms with van der Waals surface area (Å²) in [6.45, 7) is 3.34. The largest absolute Gasteiger partial charge is 0.496 e. The van der Waals surface area contributed by atoms with Crippen LogP contribution in [0.25, 0.3) is 0 Å². The van der Waals surface area contributed by atoms with Gasteiger partial charge >= 0.3 is 5.97 Å². The van der Waals surface area contributed by atoms with Gasteiger partial charge in [-0.05, 0) is 26.0 Å². The second kappa shape index (κ2) is 6.39. The van der Waals surface area contributed by atoms with Crippen molar-refractivity contribution in [2.45, 2.75) is 36.1 Å². The standard InChI is InChI=1S/C17H20N2O6S/c1-17(2)12(16(22)23)19-14(21)11(15(19)26-17)18-13(20)10-8(24-3)6-5-7-9(10)25-4/h5-7,11-12,15H,1-4H3,(H,18,20)(H,22,23)/t11-,12+,15-/m0/s1/i3D3,4D3. The molecule has 1 aromatic carbocycles. The van der Waals surface area contributed by atoms with Crippen LogP contribution in [0.2, 0.25) is 0 Å². The normalized spacial score (nSPS) is 30.3. The number of carbonyl (C=O) groups excluding carboxylic acids is 2. The molecule has 2 N–H and O–H groups in total. The Morgan fingerprint density at radius 1 is 1.31 bits per heavy atom. The first-order valence-electron chi connectivity index (χ1n) is 10.6. The van der Waals surface area contributed by atoms with Crippen LogP contribution in [0.5, 0.6) is 11.5 Å². The van der Waals surface area contributed by atoms with E-state index in [2.05, 4.69) is 5.32 Å². The molecule has 0 aromatic heterocycles. The lowest BCUT2D eigenvalue weighted by atomic mass is 9.96. The molecule has 0 bridgehead atoms. The molecule has 0 saturated carbocycles. The number of aliphatic carboxylic acids is 1. The first kappa shape index (κ1) is 12.1. The fourth-order valence-electron chi connectivity index (χ4n) is 3.26. The molecule has 9 heteroatoms. The van der Waals surface area contributed by atoms with Gasteiger partial charge in [-0.25, -0.2) is 4.79 Å². The second-order valence-corrected chi connectivity index (χ2v) is 8.15. The molecule has 0 radical (unpaired) electrons. The van der Waals surface area contributed by atoms with Crippen molar-refractivity contribution in [1.29, 1.82) is 0 Å². The van der Waals surface area contributed by atoms with Crippen molar-refractivity contribution in [3.05, 3.63) is 23.8 Å². The number of carbonyl (C=O) groups is 3. The Kier molecular flexibility index (Phi) is 2.96. The molecule has 140 valence electrons. The van der Waals surface area contributed by atoms with E-state index in [9.17, 15) is 19.5 Å². The zero-order chi connectivity index (χ0) is 24.2. The Hall–Kier alpha value is -2.42. The summed E-state index contributed by atoms with van der Waals surface area (Å²) in [7, 11) is -5.90. The first-order valence-corrected chi connectivity index (χ1v) is 8.44. The molecular formula is C17H20N2O6S. The van der Waals surface area contributed by atoms with E-state index in [1.165, 1.54) is 22.7 Å². The van der Waals surface area contributed by atoms with E-state index < -0.39 is 71.1 Å². The Bertz CT molecular complexity index is 932. The highest BCUT2D eigenvalue weighted by molar-refractivity contribution is 8.01. The maximum atomic E-state index is 13.0. The molecule has 8 nitrogen and oxygen atoms in total. The molecule has 2 fully saturated rings. The highest BCUT2D eigenvalue weighted by Crippen LogP contribution is 2.50. The minimum atomic E-state index is -2.95. The van der Waals surface area contributed by atoms with Crippen LogP contribution < -0.4 is 14.8 Å². The Labute approximate surface area is 163 Å². The van der Waals surface area contributed by atoms with Crippen LogP contribution in [-0.2, 0) is 9.59 Å². The van der Waals surface area contributed by atoms with Gasteiger partial charge in [0.05, 0.1) is 22.3 Å². The number of benzene rings is 1. The summed E-state index contributed by atoms with van der Waals surface area (Å²) in [5.41, 5.74) is -0.511. The zero-order valence-electron chi connectivity index (χ0n) is 19.8. The number of hydrogen-bond donors (Lipinski definition) is 2. The average molecular weight is 386 g/mol. The van der Waals surface area contributed by atoms with Gasteiger partial charge in [-0.3, -0.25) is 9.59 Å². The van der Waals surface area contributed by atoms with E-state index in [1.54, 1.807) is 13.8 Å². The van der Waals surface area contributed by atoms with E-state index >= 15 is 0 Å². The highest BCUT2D eigenvalue weighted by Gasteiger charge is 2.64. The van der Waals surface area contributed by atoms with Gasteiger partial charge in [-0.15, -0.1) is 11.8 Å². The fraction of sp³-hybridized carbons (Fsp3) is 0.471. The molecule has 3 rings (SSSR count). The van der Waals surface area contributed by atoms with Crippen LogP contribution in [0.4, 0.5) is 0 Å². The maximum Gasteiger partial charge on any atom is 0.327 e. The number of nitrogens with zero attached hydrogens (tertiary/aromatic N) is 1. The Morgan fingerprint density at radius 3 is 2.46 bits per heavy atom. The molecular weight excluding hydrogens is 360 g/mol. The quantitative estimate of drug-likeness (QED) is 0.726. The summed E-state index contributed by atoms with van der Waals surface area (Å²) in [5.74, 6) is -3.72. The van der Waals surface area contributed by atoms with Crippen molar-refractivity contribution in [3.8, 4) is 11.5 Å². The van der Waals surface area contributed by atoms with Crippen molar-refractivity contribution in [1.82, 2.24) is 10.2 Å². The third kappa shape index (κ3) is 2.66. The van der Waals surface area contributed by atoms with Gasteiger partial charge in [-0.1, -0.05) is 6.07 Å². The number of carboxylic acids is 1. The molecule has 2 heterocycles. The van der Waals surface area contributed by atoms with Crippen molar-refractivity contribution in [2.75, 3.05) is 14.1 Å². The van der Waals surface area contributed by atoms with Gasteiger partial charge in [0, 0.05) is 4.75 Å². The minimum absolute atomic E-state index is 0.462. The van der Waals surface area contributed by atoms with Crippen LogP contribution in [0.15, 0.2) is 18.2 Å². The fourth-order valence-corrected chi connectivity index (χ4v) is 4.89. The summed E-state index contributed by atoms with van der Waals surface area (Å²) in [5, 5.41) is 11.3. The third-order valence-electron chi connectivity index (χ3n) is 4.40. The molecule has 2 saturated heterocycles. The molecule has 2 aliphatic rings. The van der Waals surface area contributed by atoms with Crippen LogP contribution >= 0.6 is 11.8 Å². The summed E-state index contributed by atoms with van der Waals surface area (Å²) in [6, 6.07) is 1.37. The molecule has 0 spiro atoms. The number of hydrogen-bond acceptors (Lipinski definition) is 6. The number of methoxy groups -OCH3 is 2. The molecule has 0 aliphatic carbocycles. The van der Waals surface area contributed by atoms with Crippen LogP contribution in [0.3, 0.4) is 0 Å². The lowest BCUT2D eigenvalue weighted by Crippen LogP contribution is -2.70. The van der Waals surface area contributed by atoms with Gasteiger partial charge in [0.25, 0.3) is 5.91 Å². The van der Waals surface area contributed by atoms with Gasteiger partial charge in [0.15, 0.2) is 0 Å². The van der Waals surface area contributed by atoms with Gasteiger partial charge in [0.1, 0.15) is 34.5 Å². The van der Waals surface area contributed by atoms with E-state index in [0.29, 0.717) is 0 Å². The molecule has 2 aliphatic heterocycles. The van der Waals surface area contributed by atoms with Gasteiger partial charge in [0.2, 0.25) is 5.91 Å². The number of carboxylic acid groups (broad SMARTS) is 1. The molecule has 2 amide bonds. The lowest BCUT2D eigenvalue weighted by molar-refractivity contribution is -0.159. The van der Waals surface area contributed by atoms with Crippen LogP contribution in [0.1, 0.15) is 32.4 Å². The monoisotopic (exact) mass is 386 g/mol. The first-order chi connectivity index (χ1) is 14.5. The number of ether oxygens (including phenoxy) is 2. The number of rotatable bonds is 5. The third-order valence-corrected chi connectivity index (χ3v) is 5.97. The van der Waals surface area contributed by atoms with E-state index in [1.807, 2.05) is 0 Å². The van der Waals surface area contributed by atoms with Crippen molar-refractivity contribution in [2.24, 2.45) is 0 Å². The summed E-state index contributed by atoms with van der Waals surface area (Å²) < 4.78 is 52.6. The SMILES string of the molecule is [2H]C([2H])([2H])Oc1cccc(OC([2H])([2H])[2H])c1C(=O)N[C@H]1C(=O)N2[C@H]1SC(C)(C)[C@H]2C(=O)O. The smallest absolute Gasteiger partial charge is 0.327 e. The summed E-state index contributed by atoms with van der Waals surface area (Å²) in [6.07, 6.45) is 0. The number of nitrogens with one attached hydrogen (secondary N) is 1. The lowest BCUT2D eigenvalue weighted by Gasteiger charge is -2.43. The Balaban J connectivity index is 1.91. The molecule has 1 aromatic rings. The summed E-state index contributed by atoms with van der Waals surface area (Å²) >= 11 is 1.20. The zero-order valence-corrected chi connectivity index (χ0v) is 14.6. The number of amides is 2. The predicted octanol–water partition coefficient (Wildman–Crippen LogP) is 0.949. The van der Waals surface area contributed by atoms with Crippen LogP contribution in [0, 0.1) is 0 Å². The number of fused-ring (bicyclic) bond motifs is 1. The Morgan fingerprint density at radius 2 is 1.92 bits per heavy atom. The molecule has 0 unspecified atom stereocenters. The van der Waals surface area contributed by atoms with E-state index in [0.717, 1.165) is 12.1 Å². The summed E-state index contributed by atoms with van der Waals surface area (Å²) in [4.78, 5) is 38.5. The van der Waals surface area contributed by atoms with Crippen LogP contribution in [-0.4, -0.2) is 64.1 Å². The second-order valence-electron chi connectivity index (χ2n) is 6.38. The number of β-lactam (4-membered cyclic amide) rings is 1. The van der Waals surface area contributed by atoms with Crippen molar-refractivity contribution >= 4 is 29.5 Å². The molecule has 26 heavy (non-hydrogen) atoms. The van der Waals surface area contributed by atoms with Crippen molar-refractivity contribution < 1.29 is 37.2 Å². The molecule has 3 atom stereocenters. The highest BCUT2D eigenvalue weighted by atomic mass is 32.2.